The quantitative estimate of drug-likeness (QED) is 0.691. The van der Waals surface area contributed by atoms with Crippen LogP contribution in [0.3, 0.4) is 0 Å². The molecule has 0 spiro atoms. The van der Waals surface area contributed by atoms with Gasteiger partial charge in [0.05, 0.1) is 0 Å². The van der Waals surface area contributed by atoms with E-state index in [9.17, 15) is 8.42 Å². The zero-order chi connectivity index (χ0) is 9.19. The van der Waals surface area contributed by atoms with Crippen LogP contribution in [0.4, 0.5) is 5.95 Å². The molecule has 0 radical (unpaired) electrons. The second-order valence-electron chi connectivity index (χ2n) is 2.07. The summed E-state index contributed by atoms with van der Waals surface area (Å²) in [7, 11) is -3.49. The third-order valence-corrected chi connectivity index (χ3v) is 2.63. The van der Waals surface area contributed by atoms with E-state index in [1.54, 1.807) is 6.92 Å². The summed E-state index contributed by atoms with van der Waals surface area (Å²) in [6.07, 6.45) is 0. The lowest BCUT2D eigenvalue weighted by atomic mass is 10.8. The number of sulfonamides is 1. The molecule has 0 fully saturated rings. The number of rotatable bonds is 3. The number of aryl methyl sites for hydroxylation is 1. The van der Waals surface area contributed by atoms with Crippen molar-refractivity contribution in [2.45, 2.75) is 6.92 Å². The summed E-state index contributed by atoms with van der Waals surface area (Å²) in [5.41, 5.74) is 0. The highest BCUT2D eigenvalue weighted by Gasteiger charge is 2.10. The Hall–Kier alpha value is -0.820. The van der Waals surface area contributed by atoms with Crippen molar-refractivity contribution in [3.63, 3.8) is 0 Å². The van der Waals surface area contributed by atoms with Crippen molar-refractivity contribution in [1.29, 1.82) is 0 Å². The van der Waals surface area contributed by atoms with Crippen LogP contribution in [0, 0.1) is 6.92 Å². The summed E-state index contributed by atoms with van der Waals surface area (Å²) >= 11 is 5.13. The van der Waals surface area contributed by atoms with Crippen LogP contribution < -0.4 is 4.72 Å². The van der Waals surface area contributed by atoms with Crippen LogP contribution in [-0.4, -0.2) is 28.8 Å². The number of nitrogens with zero attached hydrogens (tertiary/aromatic N) is 2. The Kier molecular flexibility index (Phi) is 2.53. The smallest absolute Gasteiger partial charge is 0.255 e. The molecule has 0 aliphatic rings. The number of anilines is 1. The molecule has 12 heavy (non-hydrogen) atoms. The molecule has 0 aliphatic carbocycles. The van der Waals surface area contributed by atoms with Gasteiger partial charge in [0, 0.05) is 0 Å². The number of aromatic nitrogens is 3. The number of hydrogen-bond donors (Lipinski definition) is 2. The lowest BCUT2D eigenvalue weighted by molar-refractivity contribution is 0.605. The van der Waals surface area contributed by atoms with Gasteiger partial charge in [0.25, 0.3) is 5.95 Å². The predicted molar refractivity (Wildman–Crippen MR) is 44.4 cm³/mol. The topological polar surface area (TPSA) is 87.7 Å². The van der Waals surface area contributed by atoms with E-state index in [0.29, 0.717) is 5.82 Å². The molecule has 1 aromatic rings. The molecular weight excluding hydrogens is 204 g/mol. The van der Waals surface area contributed by atoms with Crippen LogP contribution in [0.5, 0.6) is 0 Å². The van der Waals surface area contributed by atoms with Crippen molar-refractivity contribution in [3.05, 3.63) is 5.82 Å². The molecule has 1 aromatic heterocycles. The van der Waals surface area contributed by atoms with Crippen LogP contribution >= 0.6 is 11.6 Å². The van der Waals surface area contributed by atoms with Crippen LogP contribution in [-0.2, 0) is 10.0 Å². The predicted octanol–water partition coefficient (Wildman–Crippen LogP) is 0.0511. The maximum atomic E-state index is 10.8. The molecule has 0 aliphatic heterocycles. The molecule has 0 saturated heterocycles. The molecule has 68 valence electrons. The van der Waals surface area contributed by atoms with Crippen molar-refractivity contribution >= 4 is 27.6 Å². The van der Waals surface area contributed by atoms with Crippen molar-refractivity contribution in [3.8, 4) is 0 Å². The summed E-state index contributed by atoms with van der Waals surface area (Å²) in [5, 5.41) is 5.53. The van der Waals surface area contributed by atoms with Gasteiger partial charge in [-0.25, -0.2) is 13.1 Å². The van der Waals surface area contributed by atoms with Gasteiger partial charge < -0.3 is 0 Å². The number of hydrogen-bond acceptors (Lipinski definition) is 4. The normalized spacial score (nSPS) is 11.5. The Morgan fingerprint density at radius 2 is 2.33 bits per heavy atom. The van der Waals surface area contributed by atoms with Gasteiger partial charge in [-0.2, -0.15) is 4.98 Å². The lowest BCUT2D eigenvalue weighted by Crippen LogP contribution is -2.14. The van der Waals surface area contributed by atoms with E-state index < -0.39 is 15.2 Å². The molecule has 0 unspecified atom stereocenters. The van der Waals surface area contributed by atoms with Gasteiger partial charge in [-0.05, 0) is 6.92 Å². The van der Waals surface area contributed by atoms with Crippen molar-refractivity contribution < 1.29 is 8.42 Å². The fraction of sp³-hybridized carbons (Fsp3) is 0.500. The SMILES string of the molecule is Cc1nc(NS(=O)(=O)CCl)n[nH]1. The zero-order valence-electron chi connectivity index (χ0n) is 6.20. The molecule has 1 heterocycles. The summed E-state index contributed by atoms with van der Waals surface area (Å²) in [6.45, 7) is 1.66. The number of aromatic amines is 1. The number of nitrogens with one attached hydrogen (secondary N) is 2. The lowest BCUT2D eigenvalue weighted by Gasteiger charge is -1.97. The first-order chi connectivity index (χ1) is 5.53. The van der Waals surface area contributed by atoms with Gasteiger partial charge in [-0.3, -0.25) is 5.10 Å². The van der Waals surface area contributed by atoms with Crippen LogP contribution in [0.2, 0.25) is 0 Å². The van der Waals surface area contributed by atoms with E-state index in [0.717, 1.165) is 0 Å². The van der Waals surface area contributed by atoms with E-state index in [4.69, 9.17) is 11.6 Å². The fourth-order valence-corrected chi connectivity index (χ4v) is 1.14. The average molecular weight is 211 g/mol. The van der Waals surface area contributed by atoms with E-state index in [2.05, 4.69) is 19.9 Å². The van der Waals surface area contributed by atoms with Crippen LogP contribution in [0.25, 0.3) is 0 Å². The highest BCUT2D eigenvalue weighted by molar-refractivity contribution is 7.93. The molecule has 0 atom stereocenters. The standard InChI is InChI=1S/C4H7ClN4O2S/c1-3-6-4(8-7-3)9-12(10,11)2-5/h2H2,1H3,(H2,6,7,8,9). The van der Waals surface area contributed by atoms with Crippen molar-refractivity contribution in [2.75, 3.05) is 9.93 Å². The number of alkyl halides is 1. The van der Waals surface area contributed by atoms with E-state index in [-0.39, 0.29) is 5.95 Å². The van der Waals surface area contributed by atoms with E-state index in [1.165, 1.54) is 0 Å². The van der Waals surface area contributed by atoms with Crippen LogP contribution in [0.1, 0.15) is 5.82 Å². The summed E-state index contributed by atoms with van der Waals surface area (Å²) < 4.78 is 23.8. The maximum absolute atomic E-state index is 10.8. The Balaban J connectivity index is 2.77. The third kappa shape index (κ3) is 2.35. The molecule has 8 heteroatoms. The molecule has 6 nitrogen and oxygen atoms in total. The highest BCUT2D eigenvalue weighted by Crippen LogP contribution is 2.01. The summed E-state index contributed by atoms with van der Waals surface area (Å²) in [6, 6.07) is 0. The van der Waals surface area contributed by atoms with Crippen LogP contribution in [0.15, 0.2) is 0 Å². The van der Waals surface area contributed by atoms with Gasteiger partial charge in [0.1, 0.15) is 11.0 Å². The molecule has 0 bridgehead atoms. The largest absolute Gasteiger partial charge is 0.261 e. The number of halogens is 1. The fourth-order valence-electron chi connectivity index (χ4n) is 0.555. The third-order valence-electron chi connectivity index (χ3n) is 0.988. The minimum atomic E-state index is -3.49. The molecule has 0 aromatic carbocycles. The molecule has 0 saturated carbocycles. The van der Waals surface area contributed by atoms with Gasteiger partial charge in [-0.15, -0.1) is 16.7 Å². The first kappa shape index (κ1) is 9.27. The van der Waals surface area contributed by atoms with Gasteiger partial charge >= 0.3 is 0 Å². The van der Waals surface area contributed by atoms with Crippen molar-refractivity contribution in [1.82, 2.24) is 15.2 Å². The average Bonchev–Trinajstić information content (AvgIpc) is 2.35. The molecular formula is C4H7ClN4O2S. The maximum Gasteiger partial charge on any atom is 0.255 e. The Bertz CT molecular complexity index is 359. The van der Waals surface area contributed by atoms with Gasteiger partial charge in [-0.1, -0.05) is 0 Å². The molecule has 1 rings (SSSR count). The monoisotopic (exact) mass is 210 g/mol. The minimum absolute atomic E-state index is 0.00755. The molecule has 2 N–H and O–H groups in total. The van der Waals surface area contributed by atoms with Gasteiger partial charge in [0.2, 0.25) is 10.0 Å². The van der Waals surface area contributed by atoms with Gasteiger partial charge in [0.15, 0.2) is 0 Å². The summed E-state index contributed by atoms with van der Waals surface area (Å²) in [5.74, 6) is 0.537. The first-order valence-electron chi connectivity index (χ1n) is 2.99. The summed E-state index contributed by atoms with van der Waals surface area (Å²) in [4.78, 5) is 3.73. The Morgan fingerprint density at radius 3 is 2.75 bits per heavy atom. The highest BCUT2D eigenvalue weighted by atomic mass is 35.5. The van der Waals surface area contributed by atoms with Crippen molar-refractivity contribution in [2.24, 2.45) is 0 Å². The molecule has 0 amide bonds. The minimum Gasteiger partial charge on any atom is -0.261 e. The second kappa shape index (κ2) is 3.28. The Labute approximate surface area is 74.4 Å². The Morgan fingerprint density at radius 1 is 1.67 bits per heavy atom. The zero-order valence-corrected chi connectivity index (χ0v) is 7.78. The first-order valence-corrected chi connectivity index (χ1v) is 5.17. The van der Waals surface area contributed by atoms with E-state index in [1.807, 2.05) is 0 Å². The second-order valence-corrected chi connectivity index (χ2v) is 4.38. The van der Waals surface area contributed by atoms with E-state index >= 15 is 0 Å². The number of H-pyrrole nitrogens is 1.